The van der Waals surface area contributed by atoms with Crippen LogP contribution in [0, 0.1) is 0 Å². The van der Waals surface area contributed by atoms with Crippen LogP contribution in [0.3, 0.4) is 0 Å². The SMILES string of the molecule is CCC(C)N(CC)c1ccc(C(=O)c2ccccc2C(=O)O)c(O)c1. The van der Waals surface area contributed by atoms with Gasteiger partial charge in [-0.3, -0.25) is 4.79 Å². The first-order valence-electron chi connectivity index (χ1n) is 8.37. The minimum Gasteiger partial charge on any atom is -0.507 e. The van der Waals surface area contributed by atoms with Gasteiger partial charge in [-0.05, 0) is 38.5 Å². The normalized spacial score (nSPS) is 11.8. The van der Waals surface area contributed by atoms with Crippen molar-refractivity contribution in [1.82, 2.24) is 0 Å². The number of nitrogens with zero attached hydrogens (tertiary/aromatic N) is 1. The summed E-state index contributed by atoms with van der Waals surface area (Å²) in [6.07, 6.45) is 0.960. The summed E-state index contributed by atoms with van der Waals surface area (Å²) in [6.45, 7) is 7.01. The zero-order chi connectivity index (χ0) is 18.6. The third-order valence-corrected chi connectivity index (χ3v) is 4.42. The van der Waals surface area contributed by atoms with Crippen molar-refractivity contribution in [1.29, 1.82) is 0 Å². The molecule has 25 heavy (non-hydrogen) atoms. The van der Waals surface area contributed by atoms with Crippen LogP contribution in [0.2, 0.25) is 0 Å². The molecule has 132 valence electrons. The molecule has 1 unspecified atom stereocenters. The molecular formula is C20H23NO4. The Morgan fingerprint density at radius 2 is 1.68 bits per heavy atom. The summed E-state index contributed by atoms with van der Waals surface area (Å²) in [4.78, 5) is 26.1. The van der Waals surface area contributed by atoms with Gasteiger partial charge in [-0.15, -0.1) is 0 Å². The first-order valence-corrected chi connectivity index (χ1v) is 8.37. The average molecular weight is 341 g/mol. The number of aromatic carboxylic acids is 1. The second-order valence-electron chi connectivity index (χ2n) is 5.92. The smallest absolute Gasteiger partial charge is 0.336 e. The van der Waals surface area contributed by atoms with E-state index < -0.39 is 11.8 Å². The lowest BCUT2D eigenvalue weighted by Gasteiger charge is -2.29. The topological polar surface area (TPSA) is 77.8 Å². The largest absolute Gasteiger partial charge is 0.507 e. The van der Waals surface area contributed by atoms with Crippen molar-refractivity contribution >= 4 is 17.4 Å². The maximum absolute atomic E-state index is 12.7. The second-order valence-corrected chi connectivity index (χ2v) is 5.92. The minimum absolute atomic E-state index is 0.0623. The summed E-state index contributed by atoms with van der Waals surface area (Å²) in [6, 6.07) is 11.2. The zero-order valence-electron chi connectivity index (χ0n) is 14.7. The highest BCUT2D eigenvalue weighted by Gasteiger charge is 2.21. The molecule has 5 heteroatoms. The molecule has 0 heterocycles. The van der Waals surface area contributed by atoms with Gasteiger partial charge in [-0.2, -0.15) is 0 Å². The van der Waals surface area contributed by atoms with Crippen LogP contribution in [0.25, 0.3) is 0 Å². The van der Waals surface area contributed by atoms with E-state index in [0.29, 0.717) is 6.04 Å². The standard InChI is InChI=1S/C20H23NO4/c1-4-13(3)21(5-2)14-10-11-17(18(22)12-14)19(23)15-8-6-7-9-16(15)20(24)25/h6-13,22H,4-5H2,1-3H3,(H,24,25). The van der Waals surface area contributed by atoms with Crippen molar-refractivity contribution in [2.24, 2.45) is 0 Å². The summed E-state index contributed by atoms with van der Waals surface area (Å²) in [7, 11) is 0. The van der Waals surface area contributed by atoms with Crippen molar-refractivity contribution in [2.75, 3.05) is 11.4 Å². The van der Waals surface area contributed by atoms with Crippen molar-refractivity contribution in [3.63, 3.8) is 0 Å². The maximum Gasteiger partial charge on any atom is 0.336 e. The lowest BCUT2D eigenvalue weighted by atomic mass is 9.97. The first kappa shape index (κ1) is 18.5. The molecule has 2 rings (SSSR count). The number of rotatable bonds is 7. The summed E-state index contributed by atoms with van der Waals surface area (Å²) in [5, 5.41) is 19.6. The summed E-state index contributed by atoms with van der Waals surface area (Å²) in [5.41, 5.74) is 0.910. The highest BCUT2D eigenvalue weighted by molar-refractivity contribution is 6.15. The van der Waals surface area contributed by atoms with Gasteiger partial charge in [0, 0.05) is 29.9 Å². The monoisotopic (exact) mass is 341 g/mol. The van der Waals surface area contributed by atoms with Gasteiger partial charge in [0.05, 0.1) is 11.1 Å². The number of phenols is 1. The van der Waals surface area contributed by atoms with Crippen LogP contribution < -0.4 is 4.90 Å². The Hall–Kier alpha value is -2.82. The molecule has 0 spiro atoms. The third kappa shape index (κ3) is 3.82. The van der Waals surface area contributed by atoms with Gasteiger partial charge in [0.15, 0.2) is 5.78 Å². The number of carbonyl (C=O) groups is 2. The Morgan fingerprint density at radius 3 is 2.20 bits per heavy atom. The van der Waals surface area contributed by atoms with Crippen molar-refractivity contribution in [2.45, 2.75) is 33.2 Å². The van der Waals surface area contributed by atoms with Crippen LogP contribution in [0.1, 0.15) is 53.5 Å². The highest BCUT2D eigenvalue weighted by Crippen LogP contribution is 2.29. The average Bonchev–Trinajstić information content (AvgIpc) is 2.61. The lowest BCUT2D eigenvalue weighted by molar-refractivity contribution is 0.0692. The van der Waals surface area contributed by atoms with Crippen molar-refractivity contribution in [3.05, 3.63) is 59.2 Å². The molecule has 2 N–H and O–H groups in total. The Kier molecular flexibility index (Phi) is 5.80. The van der Waals surface area contributed by atoms with Gasteiger partial charge in [-0.25, -0.2) is 4.79 Å². The third-order valence-electron chi connectivity index (χ3n) is 4.42. The Bertz CT molecular complexity index is 785. The Morgan fingerprint density at radius 1 is 1.04 bits per heavy atom. The van der Waals surface area contributed by atoms with E-state index in [4.69, 9.17) is 0 Å². The predicted octanol–water partition coefficient (Wildman–Crippen LogP) is 3.95. The molecule has 0 radical (unpaired) electrons. The summed E-state index contributed by atoms with van der Waals surface area (Å²) in [5.74, 6) is -1.83. The van der Waals surface area contributed by atoms with E-state index in [-0.39, 0.29) is 22.4 Å². The predicted molar refractivity (Wildman–Crippen MR) is 97.7 cm³/mol. The van der Waals surface area contributed by atoms with Gasteiger partial charge >= 0.3 is 5.97 Å². The van der Waals surface area contributed by atoms with Gasteiger partial charge in [0.2, 0.25) is 0 Å². The number of hydrogen-bond acceptors (Lipinski definition) is 4. The molecule has 1 atom stereocenters. The summed E-state index contributed by atoms with van der Waals surface area (Å²) < 4.78 is 0. The van der Waals surface area contributed by atoms with Gasteiger partial charge in [0.1, 0.15) is 5.75 Å². The number of phenolic OH excluding ortho intramolecular Hbond substituents is 1. The quantitative estimate of drug-likeness (QED) is 0.746. The van der Waals surface area contributed by atoms with E-state index in [0.717, 1.165) is 18.7 Å². The van der Waals surface area contributed by atoms with E-state index in [1.54, 1.807) is 30.3 Å². The van der Waals surface area contributed by atoms with Crippen LogP contribution in [0.5, 0.6) is 5.75 Å². The molecule has 0 fully saturated rings. The van der Waals surface area contributed by atoms with E-state index >= 15 is 0 Å². The Labute approximate surface area is 147 Å². The molecule has 0 aliphatic heterocycles. The molecule has 2 aromatic rings. The lowest BCUT2D eigenvalue weighted by Crippen LogP contribution is -2.32. The minimum atomic E-state index is -1.17. The molecule has 0 aromatic heterocycles. The Balaban J connectivity index is 2.42. The van der Waals surface area contributed by atoms with E-state index in [1.807, 2.05) is 6.92 Å². The van der Waals surface area contributed by atoms with Gasteiger partial charge in [-0.1, -0.05) is 25.1 Å². The number of anilines is 1. The molecule has 5 nitrogen and oxygen atoms in total. The van der Waals surface area contributed by atoms with Crippen LogP contribution in [0.4, 0.5) is 5.69 Å². The van der Waals surface area contributed by atoms with Crippen LogP contribution in [-0.2, 0) is 0 Å². The molecular weight excluding hydrogens is 318 g/mol. The summed E-state index contributed by atoms with van der Waals surface area (Å²) >= 11 is 0. The molecule has 0 saturated carbocycles. The molecule has 2 aromatic carbocycles. The molecule has 0 amide bonds. The van der Waals surface area contributed by atoms with Gasteiger partial charge in [0.25, 0.3) is 0 Å². The number of carboxylic acids is 1. The number of benzene rings is 2. The van der Waals surface area contributed by atoms with Crippen LogP contribution >= 0.6 is 0 Å². The second kappa shape index (κ2) is 7.83. The number of carbonyl (C=O) groups excluding carboxylic acids is 1. The zero-order valence-corrected chi connectivity index (χ0v) is 14.7. The van der Waals surface area contributed by atoms with Gasteiger partial charge < -0.3 is 15.1 Å². The van der Waals surface area contributed by atoms with E-state index in [1.165, 1.54) is 12.1 Å². The molecule has 0 aliphatic carbocycles. The van der Waals surface area contributed by atoms with E-state index in [9.17, 15) is 19.8 Å². The molecule has 0 bridgehead atoms. The highest BCUT2D eigenvalue weighted by atomic mass is 16.4. The number of hydrogen-bond donors (Lipinski definition) is 2. The number of ketones is 1. The molecule has 0 aliphatic rings. The van der Waals surface area contributed by atoms with Crippen molar-refractivity contribution in [3.8, 4) is 5.75 Å². The number of aromatic hydroxyl groups is 1. The fourth-order valence-corrected chi connectivity index (χ4v) is 2.87. The first-order chi connectivity index (χ1) is 11.9. The number of carboxylic acid groups (broad SMARTS) is 1. The molecule has 0 saturated heterocycles. The van der Waals surface area contributed by atoms with Crippen LogP contribution in [0.15, 0.2) is 42.5 Å². The van der Waals surface area contributed by atoms with Crippen molar-refractivity contribution < 1.29 is 19.8 Å². The fraction of sp³-hybridized carbons (Fsp3) is 0.300. The fourth-order valence-electron chi connectivity index (χ4n) is 2.87. The maximum atomic E-state index is 12.7. The van der Waals surface area contributed by atoms with Crippen LogP contribution in [-0.4, -0.2) is 34.6 Å². The van der Waals surface area contributed by atoms with E-state index in [2.05, 4.69) is 18.7 Å².